The lowest BCUT2D eigenvalue weighted by Gasteiger charge is -2.36. The van der Waals surface area contributed by atoms with Gasteiger partial charge in [0.1, 0.15) is 11.5 Å². The van der Waals surface area contributed by atoms with E-state index in [1.54, 1.807) is 0 Å². The average Bonchev–Trinajstić information content (AvgIpc) is 3.45. The van der Waals surface area contributed by atoms with Gasteiger partial charge in [-0.3, -0.25) is 9.38 Å². The molecule has 2 aliphatic heterocycles. The van der Waals surface area contributed by atoms with Crippen LogP contribution in [0.5, 0.6) is 0 Å². The Hall–Kier alpha value is -2.44. The van der Waals surface area contributed by atoms with Gasteiger partial charge in [-0.05, 0) is 69.7 Å². The van der Waals surface area contributed by atoms with Crippen LogP contribution in [-0.2, 0) is 0 Å². The van der Waals surface area contributed by atoms with Crippen LogP contribution >= 0.6 is 0 Å². The molecule has 1 aliphatic carbocycles. The molecule has 162 valence electrons. The number of anilines is 1. The van der Waals surface area contributed by atoms with Gasteiger partial charge in [0.25, 0.3) is 0 Å². The molecule has 2 saturated heterocycles. The van der Waals surface area contributed by atoms with Gasteiger partial charge in [0, 0.05) is 37.1 Å². The molecule has 6 nitrogen and oxygen atoms in total. The summed E-state index contributed by atoms with van der Waals surface area (Å²) in [7, 11) is 0. The smallest absolute Gasteiger partial charge is 0.138 e. The molecule has 0 aromatic carbocycles. The Morgan fingerprint density at radius 2 is 1.87 bits per heavy atom. The Morgan fingerprint density at radius 1 is 1.03 bits per heavy atom. The minimum absolute atomic E-state index is 0.269. The Bertz CT molecular complexity index is 1110. The molecule has 2 N–H and O–H groups in total. The third-order valence-electron chi connectivity index (χ3n) is 7.54. The lowest BCUT2D eigenvalue weighted by Crippen LogP contribution is -2.53. The number of pyridine rings is 2. The van der Waals surface area contributed by atoms with Crippen molar-refractivity contribution in [3.05, 3.63) is 59.2 Å². The fourth-order valence-corrected chi connectivity index (χ4v) is 5.68. The number of nitrogens with one attached hydrogen (secondary N) is 2. The highest BCUT2D eigenvalue weighted by atomic mass is 15.3. The second kappa shape index (κ2) is 7.31. The topological polar surface area (TPSA) is 57.5 Å². The first-order valence-electron chi connectivity index (χ1n) is 11.8. The van der Waals surface area contributed by atoms with Gasteiger partial charge in [-0.2, -0.15) is 0 Å². The Balaban J connectivity index is 1.33. The van der Waals surface area contributed by atoms with Gasteiger partial charge in [-0.15, -0.1) is 0 Å². The fraction of sp³-hybridized carbons (Fsp3) is 0.520. The van der Waals surface area contributed by atoms with Crippen molar-refractivity contribution >= 4 is 11.5 Å². The number of hydrogen-bond donors (Lipinski definition) is 2. The summed E-state index contributed by atoms with van der Waals surface area (Å²) in [6.07, 6.45) is 7.96. The standard InChI is InChI=1S/C25H32N6/c1-17-6-5-13-26-23(17)19-7-3-8-20(28-19)24-18(2)31-21(29-24)9-4-10-22(31)30-15-14-27-25(16-30)11-12-25/h4-6,9-10,13,19-20,27-28H,3,7-8,11-12,14-16H2,1-2H3/t19-,20+/m0/s1. The van der Waals surface area contributed by atoms with Crippen molar-refractivity contribution in [1.82, 2.24) is 25.0 Å². The van der Waals surface area contributed by atoms with Gasteiger partial charge >= 0.3 is 0 Å². The fourth-order valence-electron chi connectivity index (χ4n) is 5.68. The highest BCUT2D eigenvalue weighted by Gasteiger charge is 2.46. The predicted molar refractivity (Wildman–Crippen MR) is 124 cm³/mol. The summed E-state index contributed by atoms with van der Waals surface area (Å²) in [5.74, 6) is 1.29. The van der Waals surface area contributed by atoms with Crippen molar-refractivity contribution in [2.75, 3.05) is 24.5 Å². The van der Waals surface area contributed by atoms with Crippen molar-refractivity contribution in [3.63, 3.8) is 0 Å². The number of nitrogens with zero attached hydrogens (tertiary/aromatic N) is 4. The van der Waals surface area contributed by atoms with E-state index in [-0.39, 0.29) is 6.04 Å². The first-order valence-corrected chi connectivity index (χ1v) is 11.8. The predicted octanol–water partition coefficient (Wildman–Crippen LogP) is 3.84. The second-order valence-electron chi connectivity index (χ2n) is 9.70. The van der Waals surface area contributed by atoms with Gasteiger partial charge in [0.05, 0.1) is 23.5 Å². The molecule has 2 atom stereocenters. The van der Waals surface area contributed by atoms with E-state index in [0.717, 1.165) is 38.1 Å². The van der Waals surface area contributed by atoms with Gasteiger partial charge in [0.2, 0.25) is 0 Å². The van der Waals surface area contributed by atoms with E-state index in [4.69, 9.17) is 4.98 Å². The summed E-state index contributed by atoms with van der Waals surface area (Å²) in [5.41, 5.74) is 6.33. The van der Waals surface area contributed by atoms with Crippen LogP contribution in [-0.4, -0.2) is 39.5 Å². The molecule has 5 heterocycles. The SMILES string of the molecule is Cc1cccnc1[C@@H]1CCC[C@H](c2nc3cccc(N4CCNC5(CC5)C4)n3c2C)N1. The molecule has 6 rings (SSSR count). The maximum atomic E-state index is 5.13. The zero-order valence-corrected chi connectivity index (χ0v) is 18.6. The molecule has 1 saturated carbocycles. The van der Waals surface area contributed by atoms with Crippen LogP contribution in [0.3, 0.4) is 0 Å². The van der Waals surface area contributed by atoms with E-state index in [0.29, 0.717) is 11.6 Å². The third kappa shape index (κ3) is 3.33. The highest BCUT2D eigenvalue weighted by molar-refractivity contribution is 5.56. The summed E-state index contributed by atoms with van der Waals surface area (Å²) in [4.78, 5) is 12.4. The minimum Gasteiger partial charge on any atom is -0.355 e. The number of piperidine rings is 1. The maximum absolute atomic E-state index is 5.13. The number of fused-ring (bicyclic) bond motifs is 1. The first-order chi connectivity index (χ1) is 15.1. The highest BCUT2D eigenvalue weighted by Crippen LogP contribution is 2.39. The van der Waals surface area contributed by atoms with Gasteiger partial charge < -0.3 is 15.5 Å². The molecule has 0 bridgehead atoms. The zero-order chi connectivity index (χ0) is 21.0. The summed E-state index contributed by atoms with van der Waals surface area (Å²) >= 11 is 0. The third-order valence-corrected chi connectivity index (χ3v) is 7.54. The second-order valence-corrected chi connectivity index (χ2v) is 9.70. The van der Waals surface area contributed by atoms with Crippen molar-refractivity contribution in [2.45, 2.75) is 63.6 Å². The molecular weight excluding hydrogens is 384 g/mol. The number of aryl methyl sites for hydroxylation is 2. The molecule has 1 spiro atoms. The Morgan fingerprint density at radius 3 is 2.68 bits per heavy atom. The van der Waals surface area contributed by atoms with Crippen LogP contribution in [0.2, 0.25) is 0 Å². The van der Waals surface area contributed by atoms with E-state index >= 15 is 0 Å². The van der Waals surface area contributed by atoms with Gasteiger partial charge in [0.15, 0.2) is 0 Å². The van der Waals surface area contributed by atoms with Crippen LogP contribution < -0.4 is 15.5 Å². The molecule has 0 unspecified atom stereocenters. The minimum atomic E-state index is 0.269. The number of aromatic nitrogens is 3. The van der Waals surface area contributed by atoms with Crippen molar-refractivity contribution in [3.8, 4) is 0 Å². The van der Waals surface area contributed by atoms with Crippen LogP contribution in [0.25, 0.3) is 5.65 Å². The van der Waals surface area contributed by atoms with E-state index < -0.39 is 0 Å². The lowest BCUT2D eigenvalue weighted by molar-refractivity contribution is 0.320. The Kier molecular flexibility index (Phi) is 4.54. The molecule has 31 heavy (non-hydrogen) atoms. The molecule has 3 aliphatic rings. The molecule has 6 heteroatoms. The Labute approximate surface area is 184 Å². The number of rotatable bonds is 3. The van der Waals surface area contributed by atoms with Crippen molar-refractivity contribution < 1.29 is 0 Å². The summed E-state index contributed by atoms with van der Waals surface area (Å²) in [5, 5.41) is 7.62. The zero-order valence-electron chi connectivity index (χ0n) is 18.6. The molecule has 3 fully saturated rings. The molecular formula is C25H32N6. The number of piperazine rings is 1. The van der Waals surface area contributed by atoms with Crippen LogP contribution in [0.4, 0.5) is 5.82 Å². The number of imidazole rings is 1. The van der Waals surface area contributed by atoms with Crippen molar-refractivity contribution in [1.29, 1.82) is 0 Å². The number of hydrogen-bond acceptors (Lipinski definition) is 5. The molecule has 3 aromatic rings. The van der Waals surface area contributed by atoms with E-state index in [2.05, 4.69) is 63.0 Å². The maximum Gasteiger partial charge on any atom is 0.138 e. The largest absolute Gasteiger partial charge is 0.355 e. The van der Waals surface area contributed by atoms with Gasteiger partial charge in [-0.1, -0.05) is 12.1 Å². The average molecular weight is 417 g/mol. The first kappa shape index (κ1) is 19.3. The summed E-state index contributed by atoms with van der Waals surface area (Å²) in [6.45, 7) is 7.62. The van der Waals surface area contributed by atoms with Crippen LogP contribution in [0, 0.1) is 13.8 Å². The van der Waals surface area contributed by atoms with Crippen molar-refractivity contribution in [2.24, 2.45) is 0 Å². The lowest BCUT2D eigenvalue weighted by atomic mass is 9.92. The molecule has 0 amide bonds. The molecule has 3 aromatic heterocycles. The quantitative estimate of drug-likeness (QED) is 0.679. The normalized spacial score (nSPS) is 25.3. The summed E-state index contributed by atoms with van der Waals surface area (Å²) in [6, 6.07) is 11.3. The van der Waals surface area contributed by atoms with Crippen LogP contribution in [0.1, 0.15) is 66.8 Å². The van der Waals surface area contributed by atoms with E-state index in [1.807, 2.05) is 12.3 Å². The summed E-state index contributed by atoms with van der Waals surface area (Å²) < 4.78 is 2.38. The molecule has 0 radical (unpaired) electrons. The van der Waals surface area contributed by atoms with E-state index in [9.17, 15) is 0 Å². The van der Waals surface area contributed by atoms with Gasteiger partial charge in [-0.25, -0.2) is 4.98 Å². The van der Waals surface area contributed by atoms with E-state index in [1.165, 1.54) is 47.7 Å². The van der Waals surface area contributed by atoms with Crippen LogP contribution in [0.15, 0.2) is 36.5 Å². The monoisotopic (exact) mass is 416 g/mol.